The van der Waals surface area contributed by atoms with Crippen LogP contribution in [0.4, 0.5) is 5.69 Å². The maximum Gasteiger partial charge on any atom is 0.339 e. The van der Waals surface area contributed by atoms with Gasteiger partial charge in [0, 0.05) is 17.1 Å². The van der Waals surface area contributed by atoms with Crippen molar-refractivity contribution in [2.75, 3.05) is 5.32 Å². The van der Waals surface area contributed by atoms with E-state index in [1.807, 2.05) is 18.2 Å². The van der Waals surface area contributed by atoms with Gasteiger partial charge in [-0.15, -0.1) is 0 Å². The van der Waals surface area contributed by atoms with Crippen LogP contribution in [-0.2, 0) is 16.0 Å². The minimum atomic E-state index is -0.827. The normalized spacial score (nSPS) is 16.8. The summed E-state index contributed by atoms with van der Waals surface area (Å²) in [5, 5.41) is 3.20. The third-order valence-corrected chi connectivity index (χ3v) is 3.52. The summed E-state index contributed by atoms with van der Waals surface area (Å²) in [6.07, 6.45) is -0.483. The van der Waals surface area contributed by atoms with E-state index in [-0.39, 0.29) is 5.91 Å². The second-order valence-corrected chi connectivity index (χ2v) is 5.19. The minimum Gasteiger partial charge on any atom is -0.448 e. The Hall–Kier alpha value is -2.33. The summed E-state index contributed by atoms with van der Waals surface area (Å²) in [4.78, 5) is 24.1. The molecule has 0 bridgehead atoms. The van der Waals surface area contributed by atoms with Crippen LogP contribution in [-0.4, -0.2) is 18.0 Å². The van der Waals surface area contributed by atoms with E-state index in [2.05, 4.69) is 5.32 Å². The number of hydrogen-bond acceptors (Lipinski definition) is 3. The molecule has 0 unspecified atom stereocenters. The average Bonchev–Trinajstić information content (AvgIpc) is 2.49. The molecule has 0 saturated carbocycles. The number of anilines is 1. The van der Waals surface area contributed by atoms with Crippen molar-refractivity contribution in [2.45, 2.75) is 12.5 Å². The number of carbonyl (C=O) groups excluding carboxylic acids is 2. The maximum atomic E-state index is 12.2. The standard InChI is InChI=1S/C16H12ClNO3/c17-11-7-6-10-8-14(21-16(20)13(10)9-11)15(19)18-12-4-2-1-3-5-12/h1-7,9,14H,8H2,(H,18,19)/t14-/m1/s1. The summed E-state index contributed by atoms with van der Waals surface area (Å²) >= 11 is 5.86. The molecule has 0 spiro atoms. The van der Waals surface area contributed by atoms with Gasteiger partial charge in [0.25, 0.3) is 5.91 Å². The van der Waals surface area contributed by atoms with Crippen LogP contribution in [0, 0.1) is 0 Å². The Morgan fingerprint density at radius 3 is 2.71 bits per heavy atom. The number of halogens is 1. The summed E-state index contributed by atoms with van der Waals surface area (Å²) in [6, 6.07) is 14.1. The second-order valence-electron chi connectivity index (χ2n) is 4.75. The third-order valence-electron chi connectivity index (χ3n) is 3.28. The van der Waals surface area contributed by atoms with Crippen LogP contribution in [0.3, 0.4) is 0 Å². The van der Waals surface area contributed by atoms with Crippen LogP contribution in [0.1, 0.15) is 15.9 Å². The minimum absolute atomic E-state index is 0.338. The van der Waals surface area contributed by atoms with Crippen molar-refractivity contribution in [2.24, 2.45) is 0 Å². The van der Waals surface area contributed by atoms with Gasteiger partial charge in [-0.1, -0.05) is 35.9 Å². The number of hydrogen-bond donors (Lipinski definition) is 1. The van der Waals surface area contributed by atoms with E-state index in [4.69, 9.17) is 16.3 Å². The average molecular weight is 302 g/mol. The number of rotatable bonds is 2. The number of fused-ring (bicyclic) bond motifs is 1. The Bertz CT molecular complexity index is 700. The van der Waals surface area contributed by atoms with Crippen molar-refractivity contribution in [1.29, 1.82) is 0 Å². The van der Waals surface area contributed by atoms with Gasteiger partial charge in [0.1, 0.15) is 0 Å². The summed E-state index contributed by atoms with van der Waals surface area (Å²) in [5.41, 5.74) is 1.86. The molecule has 1 N–H and O–H groups in total. The molecule has 2 aromatic carbocycles. The Morgan fingerprint density at radius 1 is 1.19 bits per heavy atom. The second kappa shape index (κ2) is 5.58. The number of ether oxygens (including phenoxy) is 1. The number of amides is 1. The molecule has 1 amide bonds. The van der Waals surface area contributed by atoms with E-state index in [1.165, 1.54) is 0 Å². The van der Waals surface area contributed by atoms with Crippen molar-refractivity contribution < 1.29 is 14.3 Å². The van der Waals surface area contributed by atoms with E-state index < -0.39 is 12.1 Å². The highest BCUT2D eigenvalue weighted by atomic mass is 35.5. The molecular weight excluding hydrogens is 290 g/mol. The number of nitrogens with one attached hydrogen (secondary N) is 1. The van der Waals surface area contributed by atoms with E-state index in [9.17, 15) is 9.59 Å². The lowest BCUT2D eigenvalue weighted by Crippen LogP contribution is -2.37. The predicted octanol–water partition coefficient (Wildman–Crippen LogP) is 3.06. The number of esters is 1. The molecule has 1 atom stereocenters. The molecule has 5 heteroatoms. The monoisotopic (exact) mass is 301 g/mol. The van der Waals surface area contributed by atoms with E-state index in [0.717, 1.165) is 5.56 Å². The molecule has 21 heavy (non-hydrogen) atoms. The first kappa shape index (κ1) is 13.6. The van der Waals surface area contributed by atoms with Crippen molar-refractivity contribution in [3.8, 4) is 0 Å². The number of para-hydroxylation sites is 1. The molecule has 1 aliphatic heterocycles. The molecule has 4 nitrogen and oxygen atoms in total. The smallest absolute Gasteiger partial charge is 0.339 e. The highest BCUT2D eigenvalue weighted by Gasteiger charge is 2.31. The Balaban J connectivity index is 1.78. The van der Waals surface area contributed by atoms with Crippen LogP contribution >= 0.6 is 11.6 Å². The van der Waals surface area contributed by atoms with Crippen LogP contribution in [0.25, 0.3) is 0 Å². The van der Waals surface area contributed by atoms with E-state index in [1.54, 1.807) is 30.3 Å². The molecular formula is C16H12ClNO3. The van der Waals surface area contributed by atoms with E-state index in [0.29, 0.717) is 22.7 Å². The highest BCUT2D eigenvalue weighted by Crippen LogP contribution is 2.24. The summed E-state index contributed by atoms with van der Waals surface area (Å²) < 4.78 is 5.19. The van der Waals surface area contributed by atoms with Crippen molar-refractivity contribution in [3.63, 3.8) is 0 Å². The number of cyclic esters (lactones) is 1. The van der Waals surface area contributed by atoms with Crippen molar-refractivity contribution >= 4 is 29.2 Å². The Morgan fingerprint density at radius 2 is 1.95 bits per heavy atom. The quantitative estimate of drug-likeness (QED) is 0.867. The molecule has 0 aliphatic carbocycles. The first-order chi connectivity index (χ1) is 10.1. The van der Waals surface area contributed by atoms with Gasteiger partial charge < -0.3 is 10.1 Å². The highest BCUT2D eigenvalue weighted by molar-refractivity contribution is 6.31. The van der Waals surface area contributed by atoms with Gasteiger partial charge >= 0.3 is 5.97 Å². The van der Waals surface area contributed by atoms with Crippen LogP contribution < -0.4 is 5.32 Å². The fourth-order valence-corrected chi connectivity index (χ4v) is 2.41. The Labute approximate surface area is 126 Å². The summed E-state index contributed by atoms with van der Waals surface area (Å²) in [6.45, 7) is 0. The van der Waals surface area contributed by atoms with Gasteiger partial charge in [-0.2, -0.15) is 0 Å². The largest absolute Gasteiger partial charge is 0.448 e. The zero-order chi connectivity index (χ0) is 14.8. The summed E-state index contributed by atoms with van der Waals surface area (Å²) in [5.74, 6) is -0.859. The third kappa shape index (κ3) is 2.90. The zero-order valence-electron chi connectivity index (χ0n) is 11.0. The SMILES string of the molecule is O=C1O[C@@H](C(=O)Nc2ccccc2)Cc2ccc(Cl)cc21. The van der Waals surface area contributed by atoms with Gasteiger partial charge in [0.05, 0.1) is 5.56 Å². The Kier molecular flexibility index (Phi) is 3.62. The van der Waals surface area contributed by atoms with Crippen molar-refractivity contribution in [3.05, 3.63) is 64.7 Å². The predicted molar refractivity (Wildman–Crippen MR) is 79.4 cm³/mol. The molecule has 0 fully saturated rings. The molecule has 0 aromatic heterocycles. The molecule has 1 heterocycles. The van der Waals surface area contributed by atoms with Gasteiger partial charge in [0.2, 0.25) is 0 Å². The number of carbonyl (C=O) groups is 2. The van der Waals surface area contributed by atoms with Crippen LogP contribution in [0.2, 0.25) is 5.02 Å². The first-order valence-corrected chi connectivity index (χ1v) is 6.86. The van der Waals surface area contributed by atoms with Crippen molar-refractivity contribution in [1.82, 2.24) is 0 Å². The lowest BCUT2D eigenvalue weighted by atomic mass is 9.98. The zero-order valence-corrected chi connectivity index (χ0v) is 11.8. The fourth-order valence-electron chi connectivity index (χ4n) is 2.24. The molecule has 2 aromatic rings. The summed E-state index contributed by atoms with van der Waals surface area (Å²) in [7, 11) is 0. The maximum absolute atomic E-state index is 12.2. The van der Waals surface area contributed by atoms with Gasteiger partial charge in [-0.3, -0.25) is 4.79 Å². The molecule has 0 radical (unpaired) electrons. The molecule has 106 valence electrons. The first-order valence-electron chi connectivity index (χ1n) is 6.49. The van der Waals surface area contributed by atoms with Crippen LogP contribution in [0.15, 0.2) is 48.5 Å². The topological polar surface area (TPSA) is 55.4 Å². The van der Waals surface area contributed by atoms with Gasteiger partial charge in [0.15, 0.2) is 6.10 Å². The molecule has 3 rings (SSSR count). The molecule has 0 saturated heterocycles. The fraction of sp³-hybridized carbons (Fsp3) is 0.125. The lowest BCUT2D eigenvalue weighted by Gasteiger charge is -2.24. The number of benzene rings is 2. The lowest BCUT2D eigenvalue weighted by molar-refractivity contribution is -0.125. The molecule has 1 aliphatic rings. The van der Waals surface area contributed by atoms with E-state index >= 15 is 0 Å². The van der Waals surface area contributed by atoms with Gasteiger partial charge in [-0.25, -0.2) is 4.79 Å². The van der Waals surface area contributed by atoms with Crippen LogP contribution in [0.5, 0.6) is 0 Å². The van der Waals surface area contributed by atoms with Gasteiger partial charge in [-0.05, 0) is 29.8 Å².